The zero-order valence-electron chi connectivity index (χ0n) is 7.94. The van der Waals surface area contributed by atoms with Crippen LogP contribution in [-0.2, 0) is 6.42 Å². The lowest BCUT2D eigenvalue weighted by atomic mass is 10.1. The maximum atomic E-state index is 9.27. The molecule has 3 rings (SSSR count). The van der Waals surface area contributed by atoms with Gasteiger partial charge in [-0.3, -0.25) is 0 Å². The molecule has 14 heavy (non-hydrogen) atoms. The lowest BCUT2D eigenvalue weighted by molar-refractivity contribution is 0.248. The molecule has 1 aromatic rings. The molecule has 0 saturated carbocycles. The summed E-state index contributed by atoms with van der Waals surface area (Å²) in [7, 11) is 0. The topological polar surface area (TPSA) is 32.7 Å². The molecular formula is C11H13NO2. The minimum Gasteiger partial charge on any atom is -0.490 e. The maximum absolute atomic E-state index is 9.27. The highest BCUT2D eigenvalue weighted by molar-refractivity contribution is 5.69. The fourth-order valence-electron chi connectivity index (χ4n) is 2.43. The molecule has 3 heteroatoms. The van der Waals surface area contributed by atoms with Crippen molar-refractivity contribution < 1.29 is 9.84 Å². The smallest absolute Gasteiger partial charge is 0.142 e. The first-order valence-electron chi connectivity index (χ1n) is 5.02. The van der Waals surface area contributed by atoms with Gasteiger partial charge in [0.1, 0.15) is 12.4 Å². The molecule has 0 radical (unpaired) electrons. The molecule has 2 aliphatic heterocycles. The second-order valence-electron chi connectivity index (χ2n) is 3.85. The standard InChI is InChI=1S/C11H13NO2/c13-7-9-6-8-2-1-3-10-11(8)12(9)4-5-14-10/h1-3,9,13H,4-7H2. The van der Waals surface area contributed by atoms with Gasteiger partial charge in [0.2, 0.25) is 0 Å². The molecule has 74 valence electrons. The van der Waals surface area contributed by atoms with Crippen LogP contribution in [-0.4, -0.2) is 30.9 Å². The Bertz CT molecular complexity index is 364. The molecule has 1 aromatic carbocycles. The minimum atomic E-state index is 0.230. The van der Waals surface area contributed by atoms with Crippen LogP contribution < -0.4 is 9.64 Å². The number of rotatable bonds is 1. The van der Waals surface area contributed by atoms with Crippen LogP contribution >= 0.6 is 0 Å². The number of anilines is 1. The van der Waals surface area contributed by atoms with E-state index in [4.69, 9.17) is 4.74 Å². The molecule has 0 aliphatic carbocycles. The largest absolute Gasteiger partial charge is 0.490 e. The van der Waals surface area contributed by atoms with Crippen molar-refractivity contribution in [1.82, 2.24) is 0 Å². The van der Waals surface area contributed by atoms with E-state index in [0.29, 0.717) is 0 Å². The number of para-hydroxylation sites is 1. The van der Waals surface area contributed by atoms with E-state index < -0.39 is 0 Å². The normalized spacial score (nSPS) is 23.2. The predicted molar refractivity (Wildman–Crippen MR) is 53.9 cm³/mol. The summed E-state index contributed by atoms with van der Waals surface area (Å²) < 4.78 is 5.58. The summed E-state index contributed by atoms with van der Waals surface area (Å²) in [6, 6.07) is 6.41. The minimum absolute atomic E-state index is 0.230. The number of hydrogen-bond acceptors (Lipinski definition) is 3. The van der Waals surface area contributed by atoms with Gasteiger partial charge in [0.05, 0.1) is 24.9 Å². The van der Waals surface area contributed by atoms with Crippen LogP contribution in [0, 0.1) is 0 Å². The van der Waals surface area contributed by atoms with E-state index >= 15 is 0 Å². The molecule has 0 bridgehead atoms. The van der Waals surface area contributed by atoms with Gasteiger partial charge < -0.3 is 14.7 Å². The average Bonchev–Trinajstić information content (AvgIpc) is 2.60. The van der Waals surface area contributed by atoms with Crippen molar-refractivity contribution in [3.63, 3.8) is 0 Å². The first kappa shape index (κ1) is 8.12. The average molecular weight is 191 g/mol. The fraction of sp³-hybridized carbons (Fsp3) is 0.455. The third-order valence-electron chi connectivity index (χ3n) is 3.07. The molecule has 0 aromatic heterocycles. The molecule has 1 N–H and O–H groups in total. The Kier molecular flexibility index (Phi) is 1.67. The van der Waals surface area contributed by atoms with Gasteiger partial charge in [-0.1, -0.05) is 12.1 Å². The zero-order valence-corrected chi connectivity index (χ0v) is 7.94. The van der Waals surface area contributed by atoms with Crippen molar-refractivity contribution in [2.75, 3.05) is 24.7 Å². The number of aliphatic hydroxyl groups excluding tert-OH is 1. The van der Waals surface area contributed by atoms with E-state index in [1.165, 1.54) is 11.3 Å². The Balaban J connectivity index is 2.11. The highest BCUT2D eigenvalue weighted by Gasteiger charge is 2.33. The quantitative estimate of drug-likeness (QED) is 0.712. The van der Waals surface area contributed by atoms with Gasteiger partial charge >= 0.3 is 0 Å². The number of nitrogens with zero attached hydrogens (tertiary/aromatic N) is 1. The lowest BCUT2D eigenvalue weighted by Gasteiger charge is -2.31. The number of aliphatic hydroxyl groups is 1. The highest BCUT2D eigenvalue weighted by atomic mass is 16.5. The molecule has 0 saturated heterocycles. The zero-order chi connectivity index (χ0) is 9.54. The molecule has 0 fully saturated rings. The van der Waals surface area contributed by atoms with Gasteiger partial charge in [-0.2, -0.15) is 0 Å². The lowest BCUT2D eigenvalue weighted by Crippen LogP contribution is -2.40. The van der Waals surface area contributed by atoms with E-state index in [1.807, 2.05) is 12.1 Å². The monoisotopic (exact) mass is 191 g/mol. The SMILES string of the molecule is OCC1Cc2cccc3c2N1CCO3. The van der Waals surface area contributed by atoms with Crippen LogP contribution in [0.15, 0.2) is 18.2 Å². The fourth-order valence-corrected chi connectivity index (χ4v) is 2.43. The Morgan fingerprint density at radius 3 is 3.29 bits per heavy atom. The van der Waals surface area contributed by atoms with Crippen LogP contribution in [0.5, 0.6) is 5.75 Å². The number of ether oxygens (including phenoxy) is 1. The van der Waals surface area contributed by atoms with E-state index in [1.54, 1.807) is 0 Å². The van der Waals surface area contributed by atoms with Crippen LogP contribution in [0.1, 0.15) is 5.56 Å². The molecular weight excluding hydrogens is 178 g/mol. The third-order valence-corrected chi connectivity index (χ3v) is 3.07. The molecule has 2 aliphatic rings. The van der Waals surface area contributed by atoms with Crippen LogP contribution in [0.25, 0.3) is 0 Å². The molecule has 0 amide bonds. The van der Waals surface area contributed by atoms with E-state index in [9.17, 15) is 5.11 Å². The summed E-state index contributed by atoms with van der Waals surface area (Å²) in [6.07, 6.45) is 0.947. The molecule has 2 heterocycles. The van der Waals surface area contributed by atoms with Gasteiger partial charge in [0.25, 0.3) is 0 Å². The van der Waals surface area contributed by atoms with Gasteiger partial charge in [-0.05, 0) is 18.1 Å². The van der Waals surface area contributed by atoms with Crippen molar-refractivity contribution in [2.24, 2.45) is 0 Å². The molecule has 0 spiro atoms. The Morgan fingerprint density at radius 1 is 1.50 bits per heavy atom. The third kappa shape index (κ3) is 0.960. The second kappa shape index (κ2) is 2.89. The van der Waals surface area contributed by atoms with Crippen molar-refractivity contribution in [1.29, 1.82) is 0 Å². The number of hydrogen-bond donors (Lipinski definition) is 1. The first-order chi connectivity index (χ1) is 6.90. The Morgan fingerprint density at radius 2 is 2.43 bits per heavy atom. The summed E-state index contributed by atoms with van der Waals surface area (Å²) in [5, 5.41) is 9.27. The summed E-state index contributed by atoms with van der Waals surface area (Å²) in [5.41, 5.74) is 2.51. The number of benzene rings is 1. The molecule has 1 unspecified atom stereocenters. The second-order valence-corrected chi connectivity index (χ2v) is 3.85. The van der Waals surface area contributed by atoms with E-state index in [2.05, 4.69) is 11.0 Å². The predicted octanol–water partition coefficient (Wildman–Crippen LogP) is 0.802. The Labute approximate surface area is 82.9 Å². The van der Waals surface area contributed by atoms with Gasteiger partial charge in [-0.25, -0.2) is 0 Å². The van der Waals surface area contributed by atoms with Crippen LogP contribution in [0.3, 0.4) is 0 Å². The van der Waals surface area contributed by atoms with Gasteiger partial charge in [0, 0.05) is 0 Å². The maximum Gasteiger partial charge on any atom is 0.142 e. The van der Waals surface area contributed by atoms with Gasteiger partial charge in [0.15, 0.2) is 0 Å². The molecule has 3 nitrogen and oxygen atoms in total. The van der Waals surface area contributed by atoms with Gasteiger partial charge in [-0.15, -0.1) is 0 Å². The van der Waals surface area contributed by atoms with Crippen LogP contribution in [0.2, 0.25) is 0 Å². The Hall–Kier alpha value is -1.22. The van der Waals surface area contributed by atoms with Crippen molar-refractivity contribution in [3.05, 3.63) is 23.8 Å². The summed E-state index contributed by atoms with van der Waals surface area (Å²) in [6.45, 7) is 1.86. The summed E-state index contributed by atoms with van der Waals surface area (Å²) >= 11 is 0. The molecule has 1 atom stereocenters. The summed E-state index contributed by atoms with van der Waals surface area (Å²) in [5.74, 6) is 0.977. The van der Waals surface area contributed by atoms with Crippen molar-refractivity contribution in [2.45, 2.75) is 12.5 Å². The van der Waals surface area contributed by atoms with Crippen molar-refractivity contribution >= 4 is 5.69 Å². The van der Waals surface area contributed by atoms with Crippen molar-refractivity contribution in [3.8, 4) is 5.75 Å². The highest BCUT2D eigenvalue weighted by Crippen LogP contribution is 2.41. The first-order valence-corrected chi connectivity index (χ1v) is 5.02. The van der Waals surface area contributed by atoms with E-state index in [0.717, 1.165) is 25.3 Å². The summed E-state index contributed by atoms with van der Waals surface area (Å²) in [4.78, 5) is 2.27. The van der Waals surface area contributed by atoms with E-state index in [-0.39, 0.29) is 12.6 Å². The van der Waals surface area contributed by atoms with Crippen LogP contribution in [0.4, 0.5) is 5.69 Å².